The fraction of sp³-hybridized carbons (Fsp3) is 0.333. The van der Waals surface area contributed by atoms with Crippen molar-refractivity contribution in [2.24, 2.45) is 0 Å². The summed E-state index contributed by atoms with van der Waals surface area (Å²) in [4.78, 5) is 6.06. The van der Waals surface area contributed by atoms with Gasteiger partial charge >= 0.3 is 6.18 Å². The quantitative estimate of drug-likeness (QED) is 0.712. The van der Waals surface area contributed by atoms with E-state index < -0.39 is 11.7 Å². The fourth-order valence-corrected chi connectivity index (χ4v) is 3.36. The van der Waals surface area contributed by atoms with Gasteiger partial charge in [-0.3, -0.25) is 0 Å². The summed E-state index contributed by atoms with van der Waals surface area (Å²) < 4.78 is 45.7. The van der Waals surface area contributed by atoms with Crippen molar-refractivity contribution >= 4 is 16.9 Å². The van der Waals surface area contributed by atoms with E-state index in [-0.39, 0.29) is 34.4 Å². The van der Waals surface area contributed by atoms with Gasteiger partial charge in [-0.1, -0.05) is 17.3 Å². The molecule has 1 saturated heterocycles. The number of phenols is 1. The van der Waals surface area contributed by atoms with Crippen molar-refractivity contribution in [3.8, 4) is 5.75 Å². The number of piperazine rings is 1. The lowest BCUT2D eigenvalue weighted by molar-refractivity contribution is -0.136. The van der Waals surface area contributed by atoms with Gasteiger partial charge in [0.25, 0.3) is 5.71 Å². The van der Waals surface area contributed by atoms with E-state index in [9.17, 15) is 18.3 Å². The van der Waals surface area contributed by atoms with Crippen molar-refractivity contribution in [3.63, 3.8) is 0 Å². The number of benzene rings is 1. The summed E-state index contributed by atoms with van der Waals surface area (Å²) in [5.74, 6) is 0.366. The van der Waals surface area contributed by atoms with Crippen LogP contribution in [-0.4, -0.2) is 34.9 Å². The summed E-state index contributed by atoms with van der Waals surface area (Å²) in [6.07, 6.45) is -4.53. The molecule has 142 valence electrons. The average molecular weight is 378 g/mol. The van der Waals surface area contributed by atoms with E-state index in [1.54, 1.807) is 29.2 Å². The Morgan fingerprint density at radius 1 is 1.26 bits per heavy atom. The molecule has 2 aromatic heterocycles. The van der Waals surface area contributed by atoms with Crippen molar-refractivity contribution in [2.75, 3.05) is 24.5 Å². The Kier molecular flexibility index (Phi) is 4.18. The maximum atomic E-state index is 13.6. The Morgan fingerprint density at radius 3 is 2.70 bits per heavy atom. The number of nitrogens with zero attached hydrogens (tertiary/aromatic N) is 3. The normalized spacial score (nSPS) is 18.2. The largest absolute Gasteiger partial charge is 0.508 e. The molecule has 6 nitrogen and oxygen atoms in total. The molecule has 0 saturated carbocycles. The third-order valence-electron chi connectivity index (χ3n) is 4.70. The molecule has 3 heterocycles. The summed E-state index contributed by atoms with van der Waals surface area (Å²) in [6, 6.07) is 7.70. The Hall–Kier alpha value is -2.81. The zero-order valence-corrected chi connectivity index (χ0v) is 14.4. The number of nitrogens with one attached hydrogen (secondary N) is 1. The molecule has 1 atom stereocenters. The molecular formula is C18H17F3N4O2. The third-order valence-corrected chi connectivity index (χ3v) is 4.70. The first-order valence-corrected chi connectivity index (χ1v) is 8.44. The zero-order valence-electron chi connectivity index (χ0n) is 14.4. The Morgan fingerprint density at radius 2 is 2.00 bits per heavy atom. The third kappa shape index (κ3) is 3.30. The maximum Gasteiger partial charge on any atom is 0.417 e. The van der Waals surface area contributed by atoms with Crippen LogP contribution in [0.5, 0.6) is 5.75 Å². The van der Waals surface area contributed by atoms with E-state index in [4.69, 9.17) is 4.52 Å². The monoisotopic (exact) mass is 378 g/mol. The first-order chi connectivity index (χ1) is 12.8. The molecule has 2 N–H and O–H groups in total. The van der Waals surface area contributed by atoms with E-state index in [0.29, 0.717) is 19.6 Å². The second kappa shape index (κ2) is 6.41. The van der Waals surface area contributed by atoms with Gasteiger partial charge in [0.2, 0.25) is 0 Å². The molecule has 0 radical (unpaired) electrons. The SMILES string of the molecule is Cc1noc2nc(N3CCNC(c4ccc(O)cc4)C3)cc(C(F)(F)F)c12. The van der Waals surface area contributed by atoms with Gasteiger partial charge in [0.1, 0.15) is 11.6 Å². The minimum atomic E-state index is -4.53. The number of aryl methyl sites for hydroxylation is 1. The van der Waals surface area contributed by atoms with Gasteiger partial charge in [-0.2, -0.15) is 18.2 Å². The molecule has 9 heteroatoms. The van der Waals surface area contributed by atoms with Gasteiger partial charge < -0.3 is 19.8 Å². The lowest BCUT2D eigenvalue weighted by Crippen LogP contribution is -2.46. The average Bonchev–Trinajstić information content (AvgIpc) is 3.02. The van der Waals surface area contributed by atoms with Gasteiger partial charge in [0.05, 0.1) is 16.6 Å². The number of pyridine rings is 1. The zero-order chi connectivity index (χ0) is 19.2. The molecule has 1 aromatic carbocycles. The van der Waals surface area contributed by atoms with Crippen molar-refractivity contribution in [1.29, 1.82) is 0 Å². The minimum Gasteiger partial charge on any atom is -0.508 e. The van der Waals surface area contributed by atoms with Gasteiger partial charge in [-0.15, -0.1) is 0 Å². The summed E-state index contributed by atoms with van der Waals surface area (Å²) in [7, 11) is 0. The predicted molar refractivity (Wildman–Crippen MR) is 92.6 cm³/mol. The van der Waals surface area contributed by atoms with Crippen LogP contribution in [0.2, 0.25) is 0 Å². The highest BCUT2D eigenvalue weighted by Gasteiger charge is 2.36. The van der Waals surface area contributed by atoms with Crippen LogP contribution in [0.25, 0.3) is 11.1 Å². The van der Waals surface area contributed by atoms with Crippen molar-refractivity contribution in [1.82, 2.24) is 15.5 Å². The second-order valence-electron chi connectivity index (χ2n) is 6.52. The van der Waals surface area contributed by atoms with Crippen LogP contribution in [-0.2, 0) is 6.18 Å². The summed E-state index contributed by atoms with van der Waals surface area (Å²) >= 11 is 0. The number of hydrogen-bond donors (Lipinski definition) is 2. The number of anilines is 1. The molecule has 1 unspecified atom stereocenters. The Labute approximate surface area is 152 Å². The lowest BCUT2D eigenvalue weighted by Gasteiger charge is -2.35. The number of alkyl halides is 3. The van der Waals surface area contributed by atoms with Crippen LogP contribution >= 0.6 is 0 Å². The number of fused-ring (bicyclic) bond motifs is 1. The molecule has 0 amide bonds. The first-order valence-electron chi connectivity index (χ1n) is 8.44. The topological polar surface area (TPSA) is 74.4 Å². The van der Waals surface area contributed by atoms with E-state index in [2.05, 4.69) is 15.5 Å². The molecular weight excluding hydrogens is 361 g/mol. The molecule has 1 aliphatic rings. The molecule has 0 spiro atoms. The number of aromatic hydroxyl groups is 1. The van der Waals surface area contributed by atoms with Crippen LogP contribution < -0.4 is 10.2 Å². The second-order valence-corrected chi connectivity index (χ2v) is 6.52. The van der Waals surface area contributed by atoms with E-state index >= 15 is 0 Å². The first kappa shape index (κ1) is 17.6. The highest BCUT2D eigenvalue weighted by atomic mass is 19.4. The van der Waals surface area contributed by atoms with Crippen LogP contribution in [0.3, 0.4) is 0 Å². The van der Waals surface area contributed by atoms with Crippen molar-refractivity contribution in [2.45, 2.75) is 19.1 Å². The number of halogens is 3. The van der Waals surface area contributed by atoms with E-state index in [1.807, 2.05) is 0 Å². The van der Waals surface area contributed by atoms with Gasteiger partial charge in [-0.05, 0) is 30.7 Å². The highest BCUT2D eigenvalue weighted by Crippen LogP contribution is 2.38. The number of phenolic OH excluding ortho intramolecular Hbond substituents is 1. The van der Waals surface area contributed by atoms with Crippen LogP contribution in [0, 0.1) is 6.92 Å². The van der Waals surface area contributed by atoms with Crippen LogP contribution in [0.4, 0.5) is 19.0 Å². The molecule has 1 fully saturated rings. The van der Waals surface area contributed by atoms with Gasteiger partial charge in [0, 0.05) is 25.7 Å². The Balaban J connectivity index is 1.70. The predicted octanol–water partition coefficient (Wildman–Crippen LogP) is 3.41. The number of aromatic nitrogens is 2. The van der Waals surface area contributed by atoms with Gasteiger partial charge in [-0.25, -0.2) is 0 Å². The lowest BCUT2D eigenvalue weighted by atomic mass is 10.0. The minimum absolute atomic E-state index is 0.0948. The molecule has 0 bridgehead atoms. The van der Waals surface area contributed by atoms with Crippen LogP contribution in [0.1, 0.15) is 22.9 Å². The number of hydrogen-bond acceptors (Lipinski definition) is 6. The fourth-order valence-electron chi connectivity index (χ4n) is 3.36. The molecule has 0 aliphatic carbocycles. The smallest absolute Gasteiger partial charge is 0.417 e. The van der Waals surface area contributed by atoms with E-state index in [0.717, 1.165) is 11.6 Å². The standard InChI is InChI=1S/C18H17F3N4O2/c1-10-16-13(18(19,20)21)8-15(23-17(16)27-24-10)25-7-6-22-14(9-25)11-2-4-12(26)5-3-11/h2-5,8,14,22,26H,6-7,9H2,1H3. The maximum absolute atomic E-state index is 13.6. The molecule has 1 aliphatic heterocycles. The van der Waals surface area contributed by atoms with Crippen molar-refractivity contribution in [3.05, 3.63) is 47.2 Å². The summed E-state index contributed by atoms with van der Waals surface area (Å²) in [5.41, 5.74) is 0.196. The number of rotatable bonds is 2. The summed E-state index contributed by atoms with van der Waals surface area (Å²) in [6.45, 7) is 3.00. The summed E-state index contributed by atoms with van der Waals surface area (Å²) in [5, 5.41) is 16.3. The Bertz CT molecular complexity index is 969. The van der Waals surface area contributed by atoms with Crippen molar-refractivity contribution < 1.29 is 22.8 Å². The van der Waals surface area contributed by atoms with Gasteiger partial charge in [0.15, 0.2) is 0 Å². The highest BCUT2D eigenvalue weighted by molar-refractivity contribution is 5.82. The molecule has 27 heavy (non-hydrogen) atoms. The van der Waals surface area contributed by atoms with Crippen LogP contribution in [0.15, 0.2) is 34.9 Å². The molecule has 4 rings (SSSR count). The molecule has 3 aromatic rings. The van der Waals surface area contributed by atoms with E-state index in [1.165, 1.54) is 6.92 Å².